The fourth-order valence-corrected chi connectivity index (χ4v) is 1.17. The quantitative estimate of drug-likeness (QED) is 0.748. The molecule has 2 aromatic rings. The van der Waals surface area contributed by atoms with Crippen LogP contribution < -0.4 is 5.73 Å². The highest BCUT2D eigenvalue weighted by Gasteiger charge is 2.10. The molecule has 0 spiro atoms. The lowest BCUT2D eigenvalue weighted by Gasteiger charge is -2.02. The van der Waals surface area contributed by atoms with E-state index in [1.807, 2.05) is 6.92 Å². The molecule has 0 unspecified atom stereocenters. The van der Waals surface area contributed by atoms with Gasteiger partial charge in [-0.2, -0.15) is 5.10 Å². The molecule has 0 aromatic carbocycles. The number of rotatable bonds is 2. The van der Waals surface area contributed by atoms with Gasteiger partial charge in [-0.1, -0.05) is 0 Å². The molecule has 1 amide bonds. The van der Waals surface area contributed by atoms with Crippen LogP contribution in [-0.2, 0) is 0 Å². The summed E-state index contributed by atoms with van der Waals surface area (Å²) in [4.78, 5) is 19.2. The molecule has 0 saturated heterocycles. The van der Waals surface area contributed by atoms with Gasteiger partial charge < -0.3 is 5.73 Å². The Bertz CT molecular complexity index is 487. The fraction of sp³-hybridized carbons (Fsp3) is 0.111. The molecule has 0 aliphatic heterocycles. The predicted octanol–water partition coefficient (Wildman–Crippen LogP) is 0.0696. The molecule has 0 aliphatic rings. The zero-order chi connectivity index (χ0) is 10.8. The first kappa shape index (κ1) is 9.32. The van der Waals surface area contributed by atoms with Crippen molar-refractivity contribution in [1.29, 1.82) is 0 Å². The van der Waals surface area contributed by atoms with Crippen LogP contribution >= 0.6 is 0 Å². The van der Waals surface area contributed by atoms with Crippen molar-refractivity contribution in [3.8, 4) is 5.82 Å². The summed E-state index contributed by atoms with van der Waals surface area (Å²) in [6.07, 6.45) is 4.62. The van der Waals surface area contributed by atoms with E-state index in [1.165, 1.54) is 23.1 Å². The van der Waals surface area contributed by atoms with Gasteiger partial charge >= 0.3 is 0 Å². The van der Waals surface area contributed by atoms with Gasteiger partial charge in [-0.3, -0.25) is 9.78 Å². The number of amides is 1. The molecule has 76 valence electrons. The Kier molecular flexibility index (Phi) is 2.17. The van der Waals surface area contributed by atoms with Crippen molar-refractivity contribution in [3.05, 3.63) is 36.0 Å². The summed E-state index contributed by atoms with van der Waals surface area (Å²) in [5.74, 6) is -0.0747. The summed E-state index contributed by atoms with van der Waals surface area (Å²) < 4.78 is 1.36. The Labute approximate surface area is 85.8 Å². The molecular weight excluding hydrogens is 194 g/mol. The maximum atomic E-state index is 11.0. The van der Waals surface area contributed by atoms with Gasteiger partial charge in [-0.15, -0.1) is 0 Å². The minimum Gasteiger partial charge on any atom is -0.364 e. The summed E-state index contributed by atoms with van der Waals surface area (Å²) in [5, 5.41) is 3.95. The molecule has 0 aliphatic carbocycles. The molecule has 0 bridgehead atoms. The zero-order valence-electron chi connectivity index (χ0n) is 8.08. The van der Waals surface area contributed by atoms with Gasteiger partial charge in [0.1, 0.15) is 5.69 Å². The van der Waals surface area contributed by atoms with Crippen LogP contribution in [0.25, 0.3) is 5.82 Å². The number of hydrogen-bond acceptors (Lipinski definition) is 4. The number of primary amides is 1. The SMILES string of the molecule is Cc1cnc(-n2nccc2C(N)=O)cn1. The van der Waals surface area contributed by atoms with Gasteiger partial charge in [0.2, 0.25) is 0 Å². The first-order valence-corrected chi connectivity index (χ1v) is 4.31. The summed E-state index contributed by atoms with van der Waals surface area (Å²) in [6.45, 7) is 1.83. The van der Waals surface area contributed by atoms with Crippen LogP contribution in [0.3, 0.4) is 0 Å². The molecule has 2 rings (SSSR count). The molecule has 6 nitrogen and oxygen atoms in total. The molecule has 0 radical (unpaired) electrons. The van der Waals surface area contributed by atoms with Gasteiger partial charge in [-0.05, 0) is 13.0 Å². The van der Waals surface area contributed by atoms with Crippen molar-refractivity contribution < 1.29 is 4.79 Å². The first-order chi connectivity index (χ1) is 7.18. The van der Waals surface area contributed by atoms with Crippen LogP contribution in [0.5, 0.6) is 0 Å². The van der Waals surface area contributed by atoms with E-state index < -0.39 is 5.91 Å². The van der Waals surface area contributed by atoms with E-state index in [0.717, 1.165) is 5.69 Å². The normalized spacial score (nSPS) is 10.2. The Morgan fingerprint density at radius 3 is 2.80 bits per heavy atom. The molecule has 2 aromatic heterocycles. The number of hydrogen-bond donors (Lipinski definition) is 1. The lowest BCUT2D eigenvalue weighted by molar-refractivity contribution is 0.0993. The average Bonchev–Trinajstić information content (AvgIpc) is 2.67. The largest absolute Gasteiger partial charge is 0.364 e. The molecular formula is C9H9N5O. The number of carbonyl (C=O) groups is 1. The first-order valence-electron chi connectivity index (χ1n) is 4.31. The second kappa shape index (κ2) is 3.49. The summed E-state index contributed by atoms with van der Waals surface area (Å²) in [5.41, 5.74) is 6.26. The van der Waals surface area contributed by atoms with Crippen molar-refractivity contribution in [3.63, 3.8) is 0 Å². The van der Waals surface area contributed by atoms with E-state index in [-0.39, 0.29) is 5.69 Å². The third-order valence-corrected chi connectivity index (χ3v) is 1.88. The highest BCUT2D eigenvalue weighted by molar-refractivity contribution is 5.91. The van der Waals surface area contributed by atoms with Gasteiger partial charge in [0.05, 0.1) is 24.3 Å². The Morgan fingerprint density at radius 2 is 2.20 bits per heavy atom. The van der Waals surface area contributed by atoms with Crippen LogP contribution in [0.2, 0.25) is 0 Å². The monoisotopic (exact) mass is 203 g/mol. The Hall–Kier alpha value is -2.24. The van der Waals surface area contributed by atoms with Crippen molar-refractivity contribution in [2.24, 2.45) is 5.73 Å². The highest BCUT2D eigenvalue weighted by Crippen LogP contribution is 2.05. The number of aryl methyl sites for hydroxylation is 1. The van der Waals surface area contributed by atoms with Gasteiger partial charge in [-0.25, -0.2) is 9.67 Å². The second-order valence-corrected chi connectivity index (χ2v) is 3.01. The van der Waals surface area contributed by atoms with Crippen molar-refractivity contribution in [2.45, 2.75) is 6.92 Å². The van der Waals surface area contributed by atoms with Gasteiger partial charge in [0, 0.05) is 0 Å². The minimum atomic E-state index is -0.546. The summed E-state index contributed by atoms with van der Waals surface area (Å²) >= 11 is 0. The van der Waals surface area contributed by atoms with Crippen LogP contribution in [-0.4, -0.2) is 25.7 Å². The fourth-order valence-electron chi connectivity index (χ4n) is 1.17. The van der Waals surface area contributed by atoms with Crippen LogP contribution in [0.15, 0.2) is 24.7 Å². The van der Waals surface area contributed by atoms with Gasteiger partial charge in [0.15, 0.2) is 5.82 Å². The molecule has 0 atom stereocenters. The van der Waals surface area contributed by atoms with E-state index in [2.05, 4.69) is 15.1 Å². The Morgan fingerprint density at radius 1 is 1.40 bits per heavy atom. The number of carbonyl (C=O) groups excluding carboxylic acids is 1. The molecule has 2 N–H and O–H groups in total. The summed E-state index contributed by atoms with van der Waals surface area (Å²) in [7, 11) is 0. The smallest absolute Gasteiger partial charge is 0.267 e. The average molecular weight is 203 g/mol. The number of aromatic nitrogens is 4. The van der Waals surface area contributed by atoms with Crippen LogP contribution in [0.4, 0.5) is 0 Å². The molecule has 2 heterocycles. The third-order valence-electron chi connectivity index (χ3n) is 1.88. The predicted molar refractivity (Wildman–Crippen MR) is 52.4 cm³/mol. The highest BCUT2D eigenvalue weighted by atomic mass is 16.1. The maximum Gasteiger partial charge on any atom is 0.267 e. The van der Waals surface area contributed by atoms with Gasteiger partial charge in [0.25, 0.3) is 5.91 Å². The standard InChI is InChI=1S/C9H9N5O/c1-6-4-12-8(5-11-6)14-7(9(10)15)2-3-13-14/h2-5H,1H3,(H2,10,15). The molecule has 0 fully saturated rings. The van der Waals surface area contributed by atoms with E-state index in [4.69, 9.17) is 5.73 Å². The third kappa shape index (κ3) is 1.69. The Balaban J connectivity index is 2.49. The minimum absolute atomic E-state index is 0.285. The topological polar surface area (TPSA) is 86.7 Å². The second-order valence-electron chi connectivity index (χ2n) is 3.01. The number of nitrogens with two attached hydrogens (primary N) is 1. The van der Waals surface area contributed by atoms with Crippen LogP contribution in [0, 0.1) is 6.92 Å². The van der Waals surface area contributed by atoms with E-state index in [9.17, 15) is 4.79 Å². The van der Waals surface area contributed by atoms with E-state index >= 15 is 0 Å². The van der Waals surface area contributed by atoms with Crippen LogP contribution in [0.1, 0.15) is 16.2 Å². The molecule has 0 saturated carbocycles. The lowest BCUT2D eigenvalue weighted by Crippen LogP contribution is -2.17. The molecule has 15 heavy (non-hydrogen) atoms. The maximum absolute atomic E-state index is 11.0. The van der Waals surface area contributed by atoms with Crippen molar-refractivity contribution in [1.82, 2.24) is 19.7 Å². The molecule has 6 heteroatoms. The summed E-state index contributed by atoms with van der Waals surface area (Å²) in [6, 6.07) is 1.53. The van der Waals surface area contributed by atoms with Crippen molar-refractivity contribution >= 4 is 5.91 Å². The number of nitrogens with zero attached hydrogens (tertiary/aromatic N) is 4. The zero-order valence-corrected chi connectivity index (χ0v) is 8.08. The van der Waals surface area contributed by atoms with E-state index in [1.54, 1.807) is 6.20 Å². The lowest BCUT2D eigenvalue weighted by atomic mass is 10.4. The van der Waals surface area contributed by atoms with Crippen molar-refractivity contribution in [2.75, 3.05) is 0 Å². The van der Waals surface area contributed by atoms with E-state index in [0.29, 0.717) is 5.82 Å².